The maximum atomic E-state index is 12.5. The standard InChI is InChI=1S/C25H42N7O17P3S.2Li.2H2O/c1-4-5-16(34)53-9-8-27-15(33)6-7-28-23(37)20(36)25(2,3)11-46-52(43,44)49-51(41,42)45-10-14-19(48-50(38,39)40)18(35)24(47-14)32-13-31-17-21(26)29-12-30-22(17)32;;;;/h12-14,18-20,24,35-36H,4-11H2,1-3H3,(H,27,33)(H,28,37)(H,41,42)(H,43,44)(H2,26,29,30)(H2,38,39,40);;;2*1H2/q;2*+1;;/p-2/t14-,18-,19-,20+,24-;;;;/m1..../s1. The molecule has 2 amide bonds. The van der Waals surface area contributed by atoms with E-state index in [-0.39, 0.29) is 90.3 Å². The number of aliphatic hydroxyl groups is 2. The van der Waals surface area contributed by atoms with Crippen LogP contribution in [0, 0.1) is 5.41 Å². The van der Waals surface area contributed by atoms with E-state index in [0.29, 0.717) is 18.6 Å². The Labute approximate surface area is 353 Å². The average molecular weight is 886 g/mol. The first-order chi connectivity index (χ1) is 24.6. The summed E-state index contributed by atoms with van der Waals surface area (Å²) in [6, 6.07) is 0. The zero-order chi connectivity index (χ0) is 39.8. The van der Waals surface area contributed by atoms with Crippen LogP contribution < -0.4 is 63.9 Å². The van der Waals surface area contributed by atoms with Crippen LogP contribution >= 0.6 is 35.2 Å². The monoisotopic (exact) mass is 885 g/mol. The number of ether oxygens (including phenoxy) is 1. The zero-order valence-corrected chi connectivity index (χ0v) is 34.9. The summed E-state index contributed by atoms with van der Waals surface area (Å²) in [7, 11) is -17.0. The van der Waals surface area contributed by atoms with Crippen LogP contribution in [-0.4, -0.2) is 124 Å². The molecule has 7 atom stereocenters. The number of aliphatic hydroxyl groups excluding tert-OH is 2. The number of phosphoric acid groups is 3. The van der Waals surface area contributed by atoms with E-state index in [0.717, 1.165) is 29.0 Å². The number of nitrogens with one attached hydrogen (secondary N) is 2. The second-order valence-electron chi connectivity index (χ2n) is 12.0. The number of imidazole rings is 1. The van der Waals surface area contributed by atoms with Crippen LogP contribution in [0.25, 0.3) is 11.2 Å². The molecule has 1 fully saturated rings. The van der Waals surface area contributed by atoms with Crippen molar-refractivity contribution < 1.29 is 129 Å². The molecule has 3 heterocycles. The molecule has 0 radical (unpaired) electrons. The number of thioether (sulfide) groups is 1. The van der Waals surface area contributed by atoms with Gasteiger partial charge in [0.25, 0.3) is 15.6 Å². The van der Waals surface area contributed by atoms with E-state index in [9.17, 15) is 57.9 Å². The Morgan fingerprint density at radius 1 is 1.05 bits per heavy atom. The Balaban J connectivity index is 0. The van der Waals surface area contributed by atoms with Crippen molar-refractivity contribution in [2.24, 2.45) is 5.41 Å². The van der Waals surface area contributed by atoms with Gasteiger partial charge in [0.05, 0.1) is 19.5 Å². The zero-order valence-electron chi connectivity index (χ0n) is 31.4. The van der Waals surface area contributed by atoms with Gasteiger partial charge in [-0.1, -0.05) is 32.5 Å². The number of carbonyl (C=O) groups is 3. The summed E-state index contributed by atoms with van der Waals surface area (Å²) in [6.07, 6.45) is -6.00. The minimum atomic E-state index is -5.87. The second-order valence-corrected chi connectivity index (χ2v) is 17.3. The number of rotatable bonds is 21. The number of phosphoric ester groups is 3. The number of hydrogen-bond donors (Lipinski definition) is 7. The number of nitrogens with zero attached hydrogens (tertiary/aromatic N) is 4. The van der Waals surface area contributed by atoms with Crippen molar-refractivity contribution in [2.75, 3.05) is 37.8 Å². The molecular weight excluding hydrogens is 841 g/mol. The van der Waals surface area contributed by atoms with E-state index < -0.39 is 84.6 Å². The maximum Gasteiger partial charge on any atom is 1.00 e. The van der Waals surface area contributed by atoms with Crippen LogP contribution in [0.15, 0.2) is 12.7 Å². The van der Waals surface area contributed by atoms with Gasteiger partial charge in [-0.15, -0.1) is 0 Å². The minimum absolute atomic E-state index is 0. The first-order valence-electron chi connectivity index (χ1n) is 15.6. The van der Waals surface area contributed by atoms with E-state index in [1.165, 1.54) is 13.8 Å². The third-order valence-electron chi connectivity index (χ3n) is 7.20. The number of hydrogen-bond acceptors (Lipinski definition) is 20. The molecule has 57 heavy (non-hydrogen) atoms. The predicted octanol–water partition coefficient (Wildman–Crippen LogP) is -9.44. The summed E-state index contributed by atoms with van der Waals surface area (Å²) in [5.74, 6) is -1.13. The molecular formula is C25H44Li2N7O19P3S. The van der Waals surface area contributed by atoms with Crippen LogP contribution in [0.5, 0.6) is 0 Å². The summed E-state index contributed by atoms with van der Waals surface area (Å²) >= 11 is 1.09. The molecule has 1 aliphatic heterocycles. The van der Waals surface area contributed by atoms with E-state index in [2.05, 4.69) is 43.5 Å². The van der Waals surface area contributed by atoms with Gasteiger partial charge in [0.1, 0.15) is 36.3 Å². The number of fused-ring (bicyclic) bond motifs is 1. The summed E-state index contributed by atoms with van der Waals surface area (Å²) in [6.45, 7) is 2.11. The fraction of sp³-hybridized carbons (Fsp3) is 0.680. The molecule has 0 aromatic carbocycles. The Bertz CT molecular complexity index is 1760. The number of aromatic nitrogens is 4. The third-order valence-corrected chi connectivity index (χ3v) is 11.2. The number of carbonyl (C=O) groups excluding carboxylic acids is 3. The molecule has 2 aromatic heterocycles. The van der Waals surface area contributed by atoms with Crippen LogP contribution in [0.4, 0.5) is 5.82 Å². The van der Waals surface area contributed by atoms with Gasteiger partial charge in [-0.3, -0.25) is 32.6 Å². The smallest absolute Gasteiger partial charge is 0.756 e. The van der Waals surface area contributed by atoms with Gasteiger partial charge in [0.2, 0.25) is 11.8 Å². The average Bonchev–Trinajstić information content (AvgIpc) is 3.61. The number of nitrogens with two attached hydrogens (primary N) is 1. The number of nitrogen functional groups attached to an aromatic ring is 1. The van der Waals surface area contributed by atoms with Crippen molar-refractivity contribution in [1.82, 2.24) is 30.2 Å². The molecule has 0 bridgehead atoms. The van der Waals surface area contributed by atoms with Crippen LogP contribution in [0.3, 0.4) is 0 Å². The van der Waals surface area contributed by atoms with E-state index >= 15 is 0 Å². The van der Waals surface area contributed by atoms with Crippen LogP contribution in [-0.2, 0) is 50.7 Å². The van der Waals surface area contributed by atoms with Crippen LogP contribution in [0.1, 0.15) is 46.3 Å². The SMILES string of the molecule is CCCC(=O)SCCNC(=O)CCNC(=O)[C@H](O)C(C)(C)COP(=O)([O-])OP(=O)([O-])OC[C@H]1O[C@@H](n2cnc3c(N)ncnc32)[C@H](O)[C@@H]1OP(=O)(O)O.O.O.[Li+].[Li+]. The summed E-state index contributed by atoms with van der Waals surface area (Å²) in [5, 5.41) is 26.2. The topological polar surface area (TPSA) is 432 Å². The van der Waals surface area contributed by atoms with Crippen molar-refractivity contribution >= 4 is 69.1 Å². The molecule has 12 N–H and O–H groups in total. The molecule has 2 unspecified atom stereocenters. The Morgan fingerprint density at radius 3 is 2.30 bits per heavy atom. The van der Waals surface area contributed by atoms with Crippen molar-refractivity contribution in [1.29, 1.82) is 0 Å². The molecule has 2 aromatic rings. The van der Waals surface area contributed by atoms with Gasteiger partial charge >= 0.3 is 45.5 Å². The first-order valence-corrected chi connectivity index (χ1v) is 21.0. The fourth-order valence-electron chi connectivity index (χ4n) is 4.56. The number of amides is 2. The van der Waals surface area contributed by atoms with Gasteiger partial charge in [0, 0.05) is 37.1 Å². The maximum absolute atomic E-state index is 12.5. The largest absolute Gasteiger partial charge is 1.00 e. The fourth-order valence-corrected chi connectivity index (χ4v) is 8.09. The van der Waals surface area contributed by atoms with Crippen molar-refractivity contribution in [3.8, 4) is 0 Å². The summed E-state index contributed by atoms with van der Waals surface area (Å²) < 4.78 is 61.0. The van der Waals surface area contributed by atoms with Crippen LogP contribution in [0.2, 0.25) is 0 Å². The molecule has 3 rings (SSSR count). The second kappa shape index (κ2) is 24.8. The quantitative estimate of drug-likeness (QED) is 0.0348. The molecule has 0 aliphatic carbocycles. The van der Waals surface area contributed by atoms with Crippen molar-refractivity contribution in [2.45, 2.75) is 70.7 Å². The third kappa shape index (κ3) is 18.1. The molecule has 1 saturated heterocycles. The normalized spacial score (nSPS) is 20.6. The van der Waals surface area contributed by atoms with Crippen molar-refractivity contribution in [3.63, 3.8) is 0 Å². The Kier molecular flexibility index (Phi) is 25.1. The van der Waals surface area contributed by atoms with Gasteiger partial charge in [0.15, 0.2) is 22.8 Å². The van der Waals surface area contributed by atoms with Gasteiger partial charge in [-0.25, -0.2) is 23.8 Å². The molecule has 316 valence electrons. The minimum Gasteiger partial charge on any atom is -0.756 e. The summed E-state index contributed by atoms with van der Waals surface area (Å²) in [5.41, 5.74) is 4.16. The first kappa shape index (κ1) is 57.8. The van der Waals surface area contributed by atoms with E-state index in [1.54, 1.807) is 0 Å². The van der Waals surface area contributed by atoms with Gasteiger partial charge < -0.3 is 70.9 Å². The molecule has 0 spiro atoms. The molecule has 0 saturated carbocycles. The van der Waals surface area contributed by atoms with E-state index in [4.69, 9.17) is 10.5 Å². The Hall–Kier alpha value is -1.33. The number of anilines is 1. The van der Waals surface area contributed by atoms with Gasteiger partial charge in [-0.2, -0.15) is 0 Å². The van der Waals surface area contributed by atoms with Crippen molar-refractivity contribution in [3.05, 3.63) is 12.7 Å². The molecule has 26 nitrogen and oxygen atoms in total. The van der Waals surface area contributed by atoms with Gasteiger partial charge in [-0.05, 0) is 6.42 Å². The predicted molar refractivity (Wildman–Crippen MR) is 185 cm³/mol. The van der Waals surface area contributed by atoms with E-state index in [1.807, 2.05) is 6.92 Å². The summed E-state index contributed by atoms with van der Waals surface area (Å²) in [4.78, 5) is 91.3. The molecule has 32 heteroatoms. The Morgan fingerprint density at radius 2 is 1.68 bits per heavy atom. The molecule has 1 aliphatic rings.